The van der Waals surface area contributed by atoms with Gasteiger partial charge in [-0.25, -0.2) is 9.97 Å². The van der Waals surface area contributed by atoms with Crippen molar-refractivity contribution in [1.29, 1.82) is 0 Å². The maximum atomic E-state index is 4.60. The highest BCUT2D eigenvalue weighted by Crippen LogP contribution is 2.19. The summed E-state index contributed by atoms with van der Waals surface area (Å²) in [6, 6.07) is 0.495. The molecule has 6 heteroatoms. The fourth-order valence-corrected chi connectivity index (χ4v) is 2.66. The van der Waals surface area contributed by atoms with E-state index >= 15 is 0 Å². The molecule has 0 spiro atoms. The van der Waals surface area contributed by atoms with Crippen molar-refractivity contribution in [3.05, 3.63) is 16.5 Å². The molecule has 0 aliphatic carbocycles. The number of piperazine rings is 1. The molecule has 1 N–H and O–H groups in total. The van der Waals surface area contributed by atoms with Crippen LogP contribution in [0.25, 0.3) is 0 Å². The lowest BCUT2D eigenvalue weighted by Crippen LogP contribution is -2.50. The van der Waals surface area contributed by atoms with Gasteiger partial charge in [0.1, 0.15) is 11.6 Å². The van der Waals surface area contributed by atoms with Gasteiger partial charge < -0.3 is 15.1 Å². The fourth-order valence-electron chi connectivity index (χ4n) is 2.33. The molecule has 1 aliphatic heterocycles. The number of halogens is 1. The van der Waals surface area contributed by atoms with Gasteiger partial charge in [0.05, 0.1) is 4.47 Å². The minimum absolute atomic E-state index is 0.495. The minimum atomic E-state index is 0.495. The average Bonchev–Trinajstić information content (AvgIpc) is 2.38. The van der Waals surface area contributed by atoms with E-state index in [4.69, 9.17) is 0 Å². The summed E-state index contributed by atoms with van der Waals surface area (Å²) in [6.07, 6.45) is 2.74. The summed E-state index contributed by atoms with van der Waals surface area (Å²) < 4.78 is 0.923. The van der Waals surface area contributed by atoms with Gasteiger partial charge in [0.25, 0.3) is 0 Å². The topological polar surface area (TPSA) is 44.3 Å². The molecule has 1 saturated heterocycles. The van der Waals surface area contributed by atoms with Gasteiger partial charge in [-0.2, -0.15) is 0 Å². The Bertz CT molecular complexity index is 425. The Morgan fingerprint density at radius 3 is 2.95 bits per heavy atom. The molecule has 1 aromatic rings. The molecule has 2 rings (SSSR count). The Labute approximate surface area is 123 Å². The van der Waals surface area contributed by atoms with E-state index in [1.165, 1.54) is 0 Å². The highest BCUT2D eigenvalue weighted by atomic mass is 79.9. The second-order valence-electron chi connectivity index (χ2n) is 5.11. The van der Waals surface area contributed by atoms with E-state index in [0.717, 1.165) is 48.7 Å². The van der Waals surface area contributed by atoms with Crippen LogP contribution in [0, 0.1) is 0 Å². The molecular formula is C13H22BrN5. The number of hydrogen-bond acceptors (Lipinski definition) is 5. The van der Waals surface area contributed by atoms with Gasteiger partial charge in [-0.1, -0.05) is 0 Å². The smallest absolute Gasteiger partial charge is 0.144 e. The number of aromatic nitrogens is 2. The standard InChI is InChI=1S/C13H22BrN5/c1-4-15-13-11(14)8-16-12(17-13)7-10-9-18(2)5-6-19(10)3/h8,10H,4-7,9H2,1-3H3,(H,15,16,17). The summed E-state index contributed by atoms with van der Waals surface area (Å²) in [4.78, 5) is 13.8. The van der Waals surface area contributed by atoms with Crippen molar-refractivity contribution in [2.24, 2.45) is 0 Å². The maximum absolute atomic E-state index is 4.60. The number of anilines is 1. The molecule has 1 fully saturated rings. The van der Waals surface area contributed by atoms with E-state index in [0.29, 0.717) is 6.04 Å². The molecule has 106 valence electrons. The van der Waals surface area contributed by atoms with Crippen LogP contribution in [0.1, 0.15) is 12.7 Å². The van der Waals surface area contributed by atoms with E-state index in [1.54, 1.807) is 0 Å². The zero-order valence-electron chi connectivity index (χ0n) is 11.9. The molecule has 0 aromatic carbocycles. The van der Waals surface area contributed by atoms with Crippen LogP contribution < -0.4 is 5.32 Å². The van der Waals surface area contributed by atoms with Gasteiger partial charge >= 0.3 is 0 Å². The first-order valence-electron chi connectivity index (χ1n) is 6.74. The van der Waals surface area contributed by atoms with Crippen molar-refractivity contribution < 1.29 is 0 Å². The van der Waals surface area contributed by atoms with Crippen LogP contribution in [0.5, 0.6) is 0 Å². The van der Waals surface area contributed by atoms with Crippen LogP contribution in [0.2, 0.25) is 0 Å². The quantitative estimate of drug-likeness (QED) is 0.907. The Morgan fingerprint density at radius 2 is 2.21 bits per heavy atom. The first-order chi connectivity index (χ1) is 9.10. The van der Waals surface area contributed by atoms with Gasteiger partial charge in [-0.3, -0.25) is 0 Å². The molecule has 1 unspecified atom stereocenters. The second kappa shape index (κ2) is 6.63. The SMILES string of the molecule is CCNc1nc(CC2CN(C)CCN2C)ncc1Br. The van der Waals surface area contributed by atoms with Crippen LogP contribution in [0.3, 0.4) is 0 Å². The van der Waals surface area contributed by atoms with Gasteiger partial charge in [-0.15, -0.1) is 0 Å². The van der Waals surface area contributed by atoms with Crippen LogP contribution in [-0.4, -0.2) is 66.1 Å². The summed E-state index contributed by atoms with van der Waals surface area (Å²) in [5.74, 6) is 1.80. The number of likely N-dealkylation sites (N-methyl/N-ethyl adjacent to an activating group) is 2. The minimum Gasteiger partial charge on any atom is -0.369 e. The van der Waals surface area contributed by atoms with E-state index in [2.05, 4.69) is 62.0 Å². The van der Waals surface area contributed by atoms with Crippen molar-refractivity contribution in [3.63, 3.8) is 0 Å². The predicted octanol–water partition coefficient (Wildman–Crippen LogP) is 1.46. The van der Waals surface area contributed by atoms with Gasteiger partial charge in [0, 0.05) is 44.8 Å². The van der Waals surface area contributed by atoms with E-state index < -0.39 is 0 Å². The van der Waals surface area contributed by atoms with E-state index in [-0.39, 0.29) is 0 Å². The van der Waals surface area contributed by atoms with Crippen molar-refractivity contribution in [3.8, 4) is 0 Å². The fraction of sp³-hybridized carbons (Fsp3) is 0.692. The lowest BCUT2D eigenvalue weighted by molar-refractivity contribution is 0.113. The monoisotopic (exact) mass is 327 g/mol. The molecule has 1 atom stereocenters. The van der Waals surface area contributed by atoms with Crippen molar-refractivity contribution >= 4 is 21.7 Å². The number of nitrogens with one attached hydrogen (secondary N) is 1. The van der Waals surface area contributed by atoms with Crippen molar-refractivity contribution in [1.82, 2.24) is 19.8 Å². The highest BCUT2D eigenvalue weighted by molar-refractivity contribution is 9.10. The first-order valence-corrected chi connectivity index (χ1v) is 7.53. The third-order valence-corrected chi connectivity index (χ3v) is 4.12. The Morgan fingerprint density at radius 1 is 1.42 bits per heavy atom. The lowest BCUT2D eigenvalue weighted by Gasteiger charge is -2.37. The molecule has 0 bridgehead atoms. The second-order valence-corrected chi connectivity index (χ2v) is 5.97. The van der Waals surface area contributed by atoms with Gasteiger partial charge in [0.2, 0.25) is 0 Å². The van der Waals surface area contributed by atoms with Crippen LogP contribution in [0.4, 0.5) is 5.82 Å². The maximum Gasteiger partial charge on any atom is 0.144 e. The highest BCUT2D eigenvalue weighted by Gasteiger charge is 2.23. The third-order valence-electron chi connectivity index (χ3n) is 3.54. The van der Waals surface area contributed by atoms with E-state index in [9.17, 15) is 0 Å². The predicted molar refractivity (Wildman–Crippen MR) is 81.5 cm³/mol. The normalized spacial score (nSPS) is 21.6. The lowest BCUT2D eigenvalue weighted by atomic mass is 10.1. The summed E-state index contributed by atoms with van der Waals surface area (Å²) in [7, 11) is 4.36. The van der Waals surface area contributed by atoms with Crippen LogP contribution in [0.15, 0.2) is 10.7 Å². The van der Waals surface area contributed by atoms with Crippen LogP contribution in [-0.2, 0) is 6.42 Å². The number of nitrogens with zero attached hydrogens (tertiary/aromatic N) is 4. The first kappa shape index (κ1) is 14.7. The zero-order valence-corrected chi connectivity index (χ0v) is 13.4. The van der Waals surface area contributed by atoms with E-state index in [1.807, 2.05) is 6.20 Å². The molecular weight excluding hydrogens is 306 g/mol. The molecule has 0 radical (unpaired) electrons. The summed E-state index contributed by atoms with van der Waals surface area (Å²) >= 11 is 3.47. The molecule has 0 amide bonds. The largest absolute Gasteiger partial charge is 0.369 e. The molecule has 5 nitrogen and oxygen atoms in total. The Balaban J connectivity index is 2.07. The van der Waals surface area contributed by atoms with Gasteiger partial charge in [0.15, 0.2) is 0 Å². The summed E-state index contributed by atoms with van der Waals surface area (Å²) in [5, 5.41) is 3.25. The van der Waals surface area contributed by atoms with Gasteiger partial charge in [-0.05, 0) is 36.9 Å². The summed E-state index contributed by atoms with van der Waals surface area (Å²) in [6.45, 7) is 6.25. The molecule has 0 saturated carbocycles. The Kier molecular flexibility index (Phi) is 5.13. The number of hydrogen-bond donors (Lipinski definition) is 1. The van der Waals surface area contributed by atoms with Crippen LogP contribution >= 0.6 is 15.9 Å². The average molecular weight is 328 g/mol. The Hall–Kier alpha value is -0.720. The molecule has 2 heterocycles. The van der Waals surface area contributed by atoms with Crippen molar-refractivity contribution in [2.45, 2.75) is 19.4 Å². The third kappa shape index (κ3) is 3.87. The molecule has 1 aliphatic rings. The molecule has 1 aromatic heterocycles. The zero-order chi connectivity index (χ0) is 13.8. The van der Waals surface area contributed by atoms with Crippen molar-refractivity contribution in [2.75, 3.05) is 45.6 Å². The number of rotatable bonds is 4. The summed E-state index contributed by atoms with van der Waals surface area (Å²) in [5.41, 5.74) is 0. The molecule has 19 heavy (non-hydrogen) atoms.